The van der Waals surface area contributed by atoms with E-state index in [1.807, 2.05) is 30.3 Å². The molecule has 0 atom stereocenters. The van der Waals surface area contributed by atoms with Crippen molar-refractivity contribution in [3.63, 3.8) is 0 Å². The molecule has 0 saturated heterocycles. The van der Waals surface area contributed by atoms with Crippen LogP contribution in [0.2, 0.25) is 0 Å². The first-order valence-corrected chi connectivity index (χ1v) is 8.19. The lowest BCUT2D eigenvalue weighted by Gasteiger charge is -2.11. The summed E-state index contributed by atoms with van der Waals surface area (Å²) in [5, 5.41) is 10.4. The normalized spacial score (nSPS) is 11.1. The molecule has 0 fully saturated rings. The number of unbranched alkanes of at least 4 members (excludes halogenated alkanes) is 1. The Balaban J connectivity index is 1.65. The van der Waals surface area contributed by atoms with Gasteiger partial charge in [-0.1, -0.05) is 31.5 Å². The van der Waals surface area contributed by atoms with Crippen LogP contribution in [0.4, 0.5) is 5.69 Å². The summed E-state index contributed by atoms with van der Waals surface area (Å²) in [6.07, 6.45) is 5.21. The Kier molecular flexibility index (Phi) is 5.41. The maximum atomic E-state index is 12.2. The maximum absolute atomic E-state index is 12.2. The maximum Gasteiger partial charge on any atom is 0.248 e. The highest BCUT2D eigenvalue weighted by Gasteiger charge is 2.05. The van der Waals surface area contributed by atoms with Gasteiger partial charge in [-0.2, -0.15) is 0 Å². The highest BCUT2D eigenvalue weighted by atomic mass is 16.6. The molecule has 1 heterocycles. The minimum Gasteiger partial charge on any atom is -0.491 e. The second kappa shape index (κ2) is 8.10. The van der Waals surface area contributed by atoms with Crippen LogP contribution in [0.3, 0.4) is 0 Å². The molecular formula is C19H19N3O3. The van der Waals surface area contributed by atoms with Crippen LogP contribution in [-0.4, -0.2) is 22.8 Å². The molecular weight excluding hydrogens is 318 g/mol. The number of nitrogens with one attached hydrogen (secondary N) is 1. The summed E-state index contributed by atoms with van der Waals surface area (Å²) >= 11 is 0. The van der Waals surface area contributed by atoms with Crippen LogP contribution in [0.15, 0.2) is 53.2 Å². The number of anilines is 1. The zero-order valence-corrected chi connectivity index (χ0v) is 13.9. The highest BCUT2D eigenvalue weighted by Crippen LogP contribution is 2.24. The third kappa shape index (κ3) is 4.44. The van der Waals surface area contributed by atoms with Crippen LogP contribution in [0.1, 0.15) is 25.3 Å². The van der Waals surface area contributed by atoms with Crippen molar-refractivity contribution in [2.75, 3.05) is 11.9 Å². The lowest BCUT2D eigenvalue weighted by Crippen LogP contribution is -2.09. The van der Waals surface area contributed by atoms with Gasteiger partial charge in [0.2, 0.25) is 5.91 Å². The number of ether oxygens (including phenoxy) is 1. The number of benzene rings is 2. The minimum absolute atomic E-state index is 0.232. The van der Waals surface area contributed by atoms with Gasteiger partial charge < -0.3 is 10.1 Å². The third-order valence-electron chi connectivity index (χ3n) is 3.61. The van der Waals surface area contributed by atoms with E-state index in [1.165, 1.54) is 6.08 Å². The smallest absolute Gasteiger partial charge is 0.248 e. The van der Waals surface area contributed by atoms with Crippen molar-refractivity contribution in [1.82, 2.24) is 10.3 Å². The van der Waals surface area contributed by atoms with Gasteiger partial charge in [0.05, 0.1) is 12.3 Å². The number of rotatable bonds is 7. The molecule has 1 N–H and O–H groups in total. The number of nitrogens with zero attached hydrogens (tertiary/aromatic N) is 2. The van der Waals surface area contributed by atoms with Crippen molar-refractivity contribution in [2.45, 2.75) is 19.8 Å². The molecule has 1 amide bonds. The Hall–Kier alpha value is -3.15. The number of aromatic nitrogens is 2. The quantitative estimate of drug-likeness (QED) is 0.520. The molecule has 0 aliphatic rings. The van der Waals surface area contributed by atoms with Gasteiger partial charge in [-0.25, -0.2) is 4.63 Å². The van der Waals surface area contributed by atoms with Crippen LogP contribution < -0.4 is 10.1 Å². The van der Waals surface area contributed by atoms with Crippen molar-refractivity contribution < 1.29 is 14.2 Å². The summed E-state index contributed by atoms with van der Waals surface area (Å²) in [6, 6.07) is 12.8. The van der Waals surface area contributed by atoms with Gasteiger partial charge in [-0.15, -0.1) is 0 Å². The van der Waals surface area contributed by atoms with Gasteiger partial charge in [0.1, 0.15) is 16.8 Å². The fourth-order valence-electron chi connectivity index (χ4n) is 2.27. The van der Waals surface area contributed by atoms with Crippen molar-refractivity contribution >= 4 is 28.7 Å². The highest BCUT2D eigenvalue weighted by molar-refractivity contribution is 6.02. The summed E-state index contributed by atoms with van der Waals surface area (Å²) < 4.78 is 10.4. The first-order valence-electron chi connectivity index (χ1n) is 8.19. The zero-order valence-electron chi connectivity index (χ0n) is 13.9. The van der Waals surface area contributed by atoms with Gasteiger partial charge in [0.15, 0.2) is 0 Å². The van der Waals surface area contributed by atoms with Gasteiger partial charge in [-0.05, 0) is 52.6 Å². The third-order valence-corrected chi connectivity index (χ3v) is 3.61. The Morgan fingerprint density at radius 3 is 2.92 bits per heavy atom. The summed E-state index contributed by atoms with van der Waals surface area (Å²) in [6.45, 7) is 2.74. The van der Waals surface area contributed by atoms with E-state index in [0.717, 1.165) is 18.4 Å². The topological polar surface area (TPSA) is 77.2 Å². The lowest BCUT2D eigenvalue weighted by molar-refractivity contribution is -0.111. The largest absolute Gasteiger partial charge is 0.491 e. The van der Waals surface area contributed by atoms with Crippen LogP contribution >= 0.6 is 0 Å². The SMILES string of the molecule is CCCCOc1ccccc1NC(=O)/C=C/c1ccc2nonc2c1. The number of carbonyl (C=O) groups is 1. The van der Waals surface area contributed by atoms with Crippen molar-refractivity contribution in [2.24, 2.45) is 0 Å². The van der Waals surface area contributed by atoms with E-state index in [9.17, 15) is 4.79 Å². The van der Waals surface area contributed by atoms with E-state index in [2.05, 4.69) is 27.2 Å². The van der Waals surface area contributed by atoms with E-state index in [1.54, 1.807) is 18.2 Å². The van der Waals surface area contributed by atoms with E-state index < -0.39 is 0 Å². The van der Waals surface area contributed by atoms with E-state index in [0.29, 0.717) is 29.1 Å². The van der Waals surface area contributed by atoms with Crippen LogP contribution in [0, 0.1) is 0 Å². The number of hydrogen-bond donors (Lipinski definition) is 1. The van der Waals surface area contributed by atoms with Crippen LogP contribution in [0.5, 0.6) is 5.75 Å². The van der Waals surface area contributed by atoms with Gasteiger partial charge in [-0.3, -0.25) is 4.79 Å². The van der Waals surface area contributed by atoms with Crippen molar-refractivity contribution in [3.8, 4) is 5.75 Å². The molecule has 1 aromatic heterocycles. The first kappa shape index (κ1) is 16.7. The molecule has 0 aliphatic carbocycles. The van der Waals surface area contributed by atoms with Crippen LogP contribution in [0.25, 0.3) is 17.1 Å². The summed E-state index contributed by atoms with van der Waals surface area (Å²) in [5.41, 5.74) is 2.83. The van der Waals surface area contributed by atoms with Crippen molar-refractivity contribution in [1.29, 1.82) is 0 Å². The first-order chi connectivity index (χ1) is 12.3. The van der Waals surface area contributed by atoms with E-state index in [4.69, 9.17) is 4.74 Å². The van der Waals surface area contributed by atoms with Crippen LogP contribution in [-0.2, 0) is 4.79 Å². The van der Waals surface area contributed by atoms with E-state index in [-0.39, 0.29) is 5.91 Å². The fourth-order valence-corrected chi connectivity index (χ4v) is 2.27. The molecule has 0 unspecified atom stereocenters. The molecule has 6 nitrogen and oxygen atoms in total. The summed E-state index contributed by atoms with van der Waals surface area (Å²) in [5.74, 6) is 0.442. The number of amides is 1. The molecule has 2 aromatic carbocycles. The minimum atomic E-state index is -0.232. The molecule has 0 radical (unpaired) electrons. The Labute approximate surface area is 145 Å². The average Bonchev–Trinajstić information content (AvgIpc) is 3.09. The van der Waals surface area contributed by atoms with Gasteiger partial charge >= 0.3 is 0 Å². The summed E-state index contributed by atoms with van der Waals surface area (Å²) in [4.78, 5) is 12.2. The Morgan fingerprint density at radius 2 is 2.04 bits per heavy atom. The zero-order chi connectivity index (χ0) is 17.5. The standard InChI is InChI=1S/C19H19N3O3/c1-2-3-12-24-18-7-5-4-6-16(18)20-19(23)11-9-14-8-10-15-17(13-14)22-25-21-15/h4-11,13H,2-3,12H2,1H3,(H,20,23)/b11-9+. The molecule has 3 aromatic rings. The monoisotopic (exact) mass is 337 g/mol. The molecule has 0 aliphatic heterocycles. The number of fused-ring (bicyclic) bond motifs is 1. The predicted molar refractivity (Wildman–Crippen MR) is 96.3 cm³/mol. The number of para-hydroxylation sites is 2. The van der Waals surface area contributed by atoms with Crippen molar-refractivity contribution in [3.05, 3.63) is 54.1 Å². The molecule has 3 rings (SSSR count). The fraction of sp³-hybridized carbons (Fsp3) is 0.211. The number of carbonyl (C=O) groups excluding carboxylic acids is 1. The molecule has 25 heavy (non-hydrogen) atoms. The molecule has 0 saturated carbocycles. The molecule has 0 spiro atoms. The lowest BCUT2D eigenvalue weighted by atomic mass is 10.2. The molecule has 128 valence electrons. The molecule has 0 bridgehead atoms. The second-order valence-electron chi connectivity index (χ2n) is 5.53. The predicted octanol–water partition coefficient (Wildman–Crippen LogP) is 4.05. The Morgan fingerprint density at radius 1 is 1.20 bits per heavy atom. The average molecular weight is 337 g/mol. The van der Waals surface area contributed by atoms with E-state index >= 15 is 0 Å². The van der Waals surface area contributed by atoms with Gasteiger partial charge in [0.25, 0.3) is 0 Å². The summed E-state index contributed by atoms with van der Waals surface area (Å²) in [7, 11) is 0. The number of hydrogen-bond acceptors (Lipinski definition) is 5. The molecule has 6 heteroatoms. The van der Waals surface area contributed by atoms with Gasteiger partial charge in [0, 0.05) is 6.08 Å². The Bertz CT molecular complexity index is 886. The second-order valence-corrected chi connectivity index (χ2v) is 5.53.